The van der Waals surface area contributed by atoms with Crippen molar-refractivity contribution in [2.24, 2.45) is 0 Å². The summed E-state index contributed by atoms with van der Waals surface area (Å²) >= 11 is 9.66. The minimum Gasteiger partial charge on any atom is -0.347 e. The average molecular weight is 679 g/mol. The molecule has 3 fully saturated rings. The van der Waals surface area contributed by atoms with Crippen molar-refractivity contribution < 1.29 is 27.6 Å². The fourth-order valence-electron chi connectivity index (χ4n) is 5.61. The van der Waals surface area contributed by atoms with Gasteiger partial charge in [-0.05, 0) is 68.4 Å². The largest absolute Gasteiger partial charge is 0.347 e. The summed E-state index contributed by atoms with van der Waals surface area (Å²) in [7, 11) is -4.02. The third-order valence-corrected chi connectivity index (χ3v) is 11.5. The van der Waals surface area contributed by atoms with E-state index < -0.39 is 50.2 Å². The number of ketones is 1. The van der Waals surface area contributed by atoms with Crippen molar-refractivity contribution >= 4 is 60.9 Å². The first-order valence-electron chi connectivity index (χ1n) is 14.2. The topological polar surface area (TPSA) is 130 Å². The first-order valence-corrected chi connectivity index (χ1v) is 16.9. The highest BCUT2D eigenvalue weighted by molar-refractivity contribution is 9.10. The smallest absolute Gasteiger partial charge is 0.289 e. The number of nitrogens with zero attached hydrogens (tertiary/aromatic N) is 1. The quantitative estimate of drug-likeness (QED) is 0.349. The molecule has 2 aliphatic carbocycles. The van der Waals surface area contributed by atoms with E-state index in [1.54, 1.807) is 12.1 Å². The van der Waals surface area contributed by atoms with Crippen LogP contribution in [0.1, 0.15) is 57.4 Å². The minimum absolute atomic E-state index is 0.0218. The van der Waals surface area contributed by atoms with Crippen LogP contribution in [0.5, 0.6) is 0 Å². The number of benzene rings is 2. The Morgan fingerprint density at radius 1 is 1.07 bits per heavy atom. The molecule has 3 atom stereocenters. The van der Waals surface area contributed by atoms with E-state index >= 15 is 0 Å². The van der Waals surface area contributed by atoms with Crippen LogP contribution in [-0.2, 0) is 34.4 Å². The van der Waals surface area contributed by atoms with Crippen molar-refractivity contribution in [2.75, 3.05) is 6.54 Å². The van der Waals surface area contributed by atoms with Gasteiger partial charge in [-0.1, -0.05) is 65.1 Å². The van der Waals surface area contributed by atoms with Crippen LogP contribution in [0.3, 0.4) is 0 Å². The van der Waals surface area contributed by atoms with Crippen LogP contribution < -0.4 is 10.6 Å². The predicted molar refractivity (Wildman–Crippen MR) is 161 cm³/mol. The lowest BCUT2D eigenvalue weighted by Crippen LogP contribution is -2.54. The molecule has 0 bridgehead atoms. The molecule has 12 heteroatoms. The standard InChI is InChI=1S/C30H33BrClN3O6S/c1-2-5-23(26(36)28(38)33-20-12-13-20)34-27(37)24-16-21(42(40,41)25-7-4-3-6-22(25)32)17-35(24)29(39)30(14-15-30)18-8-10-19(31)11-9-18/h3-4,6-11,20-21,23-24H,2,5,12-17H2,1H3,(H,33,38)(H,34,37)/t21-,23?,24+/m1/s1. The lowest BCUT2D eigenvalue weighted by molar-refractivity contribution is -0.143. The number of hydrogen-bond donors (Lipinski definition) is 2. The Balaban J connectivity index is 1.44. The number of rotatable bonds is 11. The molecule has 42 heavy (non-hydrogen) atoms. The Labute approximate surface area is 258 Å². The number of hydrogen-bond acceptors (Lipinski definition) is 6. The van der Waals surface area contributed by atoms with Crippen LogP contribution in [0.25, 0.3) is 0 Å². The summed E-state index contributed by atoms with van der Waals surface area (Å²) in [4.78, 5) is 54.7. The summed E-state index contributed by atoms with van der Waals surface area (Å²) in [5.41, 5.74) is -0.0616. The van der Waals surface area contributed by atoms with Crippen molar-refractivity contribution in [3.05, 3.63) is 63.6 Å². The number of likely N-dealkylation sites (tertiary alicyclic amines) is 1. The number of sulfone groups is 1. The first kappa shape index (κ1) is 30.7. The summed E-state index contributed by atoms with van der Waals surface area (Å²) in [6.07, 6.45) is 3.35. The van der Waals surface area contributed by atoms with E-state index in [1.165, 1.54) is 17.0 Å². The predicted octanol–water partition coefficient (Wildman–Crippen LogP) is 3.71. The number of halogens is 2. The van der Waals surface area contributed by atoms with E-state index in [-0.39, 0.29) is 41.3 Å². The van der Waals surface area contributed by atoms with Crippen molar-refractivity contribution in [1.29, 1.82) is 0 Å². The van der Waals surface area contributed by atoms with Crippen molar-refractivity contribution in [1.82, 2.24) is 15.5 Å². The highest BCUT2D eigenvalue weighted by Gasteiger charge is 2.57. The summed E-state index contributed by atoms with van der Waals surface area (Å²) in [5, 5.41) is 4.33. The number of carbonyl (C=O) groups excluding carboxylic acids is 4. The molecular weight excluding hydrogens is 646 g/mol. The molecule has 1 saturated heterocycles. The highest BCUT2D eigenvalue weighted by atomic mass is 79.9. The van der Waals surface area contributed by atoms with Crippen LogP contribution in [0.4, 0.5) is 0 Å². The van der Waals surface area contributed by atoms with E-state index in [1.807, 2.05) is 31.2 Å². The summed E-state index contributed by atoms with van der Waals surface area (Å²) < 4.78 is 28.3. The van der Waals surface area contributed by atoms with Gasteiger partial charge in [0.25, 0.3) is 5.91 Å². The Morgan fingerprint density at radius 3 is 2.33 bits per heavy atom. The number of nitrogens with one attached hydrogen (secondary N) is 2. The highest BCUT2D eigenvalue weighted by Crippen LogP contribution is 2.51. The first-order chi connectivity index (χ1) is 20.0. The van der Waals surface area contributed by atoms with Gasteiger partial charge < -0.3 is 15.5 Å². The van der Waals surface area contributed by atoms with Crippen molar-refractivity contribution in [3.8, 4) is 0 Å². The summed E-state index contributed by atoms with van der Waals surface area (Å²) in [6.45, 7) is 1.63. The van der Waals surface area contributed by atoms with Gasteiger partial charge in [0.05, 0.1) is 26.6 Å². The molecule has 2 N–H and O–H groups in total. The number of carbonyl (C=O) groups is 4. The fraction of sp³-hybridized carbons (Fsp3) is 0.467. The number of amides is 3. The molecule has 3 amide bonds. The second-order valence-electron chi connectivity index (χ2n) is 11.4. The third-order valence-electron chi connectivity index (χ3n) is 8.31. The van der Waals surface area contributed by atoms with E-state index in [4.69, 9.17) is 11.6 Å². The molecule has 1 unspecified atom stereocenters. The maximum atomic E-state index is 14.2. The zero-order valence-electron chi connectivity index (χ0n) is 23.1. The molecule has 0 spiro atoms. The van der Waals surface area contributed by atoms with Gasteiger partial charge in [0.1, 0.15) is 6.04 Å². The molecule has 0 aromatic heterocycles. The SMILES string of the molecule is CCCC(NC(=O)[C@@H]1C[C@@H](S(=O)(=O)c2ccccc2Cl)CN1C(=O)C1(c2ccc(Br)cc2)CC1)C(=O)C(=O)NC1CC1. The molecule has 5 rings (SSSR count). The molecule has 1 heterocycles. The van der Waals surface area contributed by atoms with E-state index in [9.17, 15) is 27.6 Å². The molecule has 1 aliphatic heterocycles. The van der Waals surface area contributed by atoms with Crippen LogP contribution in [0.15, 0.2) is 57.9 Å². The van der Waals surface area contributed by atoms with E-state index in [0.29, 0.717) is 19.3 Å². The lowest BCUT2D eigenvalue weighted by Gasteiger charge is -2.29. The van der Waals surface area contributed by atoms with Gasteiger partial charge in [-0.3, -0.25) is 19.2 Å². The molecular formula is C30H33BrClN3O6S. The molecule has 3 aliphatic rings. The van der Waals surface area contributed by atoms with Crippen LogP contribution in [-0.4, -0.2) is 66.7 Å². The Hall–Kier alpha value is -2.76. The zero-order chi connectivity index (χ0) is 30.2. The van der Waals surface area contributed by atoms with Gasteiger partial charge in [-0.2, -0.15) is 0 Å². The van der Waals surface area contributed by atoms with Crippen LogP contribution in [0.2, 0.25) is 5.02 Å². The molecule has 2 aromatic carbocycles. The van der Waals surface area contributed by atoms with Gasteiger partial charge >= 0.3 is 0 Å². The van der Waals surface area contributed by atoms with E-state index in [2.05, 4.69) is 26.6 Å². The average Bonchev–Trinajstić information content (AvgIpc) is 3.90. The lowest BCUT2D eigenvalue weighted by atomic mass is 9.94. The second kappa shape index (κ2) is 12.1. The Bertz CT molecular complexity index is 1510. The molecule has 224 valence electrons. The van der Waals surface area contributed by atoms with Gasteiger partial charge in [0.15, 0.2) is 9.84 Å². The molecule has 9 nitrogen and oxygen atoms in total. The Morgan fingerprint density at radius 2 is 1.74 bits per heavy atom. The monoisotopic (exact) mass is 677 g/mol. The second-order valence-corrected chi connectivity index (χ2v) is 14.9. The van der Waals surface area contributed by atoms with E-state index in [0.717, 1.165) is 22.9 Å². The fourth-order valence-corrected chi connectivity index (χ4v) is 8.10. The maximum Gasteiger partial charge on any atom is 0.289 e. The van der Waals surface area contributed by atoms with Gasteiger partial charge in [-0.25, -0.2) is 8.42 Å². The van der Waals surface area contributed by atoms with Gasteiger partial charge in [0, 0.05) is 17.1 Å². The third kappa shape index (κ3) is 6.14. The van der Waals surface area contributed by atoms with Crippen LogP contribution >= 0.6 is 27.5 Å². The van der Waals surface area contributed by atoms with Gasteiger partial charge in [-0.15, -0.1) is 0 Å². The maximum absolute atomic E-state index is 14.2. The summed E-state index contributed by atoms with van der Waals surface area (Å²) in [6, 6.07) is 11.2. The van der Waals surface area contributed by atoms with Crippen molar-refractivity contribution in [2.45, 2.75) is 85.6 Å². The summed E-state index contributed by atoms with van der Waals surface area (Å²) in [5.74, 6) is -2.48. The molecule has 2 aromatic rings. The van der Waals surface area contributed by atoms with Crippen LogP contribution in [0, 0.1) is 0 Å². The molecule has 0 radical (unpaired) electrons. The minimum atomic E-state index is -4.02. The Kier molecular flexibility index (Phi) is 8.83. The van der Waals surface area contributed by atoms with Gasteiger partial charge in [0.2, 0.25) is 17.6 Å². The molecule has 2 saturated carbocycles. The zero-order valence-corrected chi connectivity index (χ0v) is 26.3. The normalized spacial score (nSPS) is 21.8. The number of Topliss-reactive ketones (excluding diaryl/α,β-unsaturated/α-hetero) is 1. The van der Waals surface area contributed by atoms with Crippen molar-refractivity contribution in [3.63, 3.8) is 0 Å².